The van der Waals surface area contributed by atoms with Crippen LogP contribution in [0.25, 0.3) is 17.4 Å². The van der Waals surface area contributed by atoms with Gasteiger partial charge in [0.2, 0.25) is 0 Å². The standard InChI is InChI=1S/C21H12ClFN2O4S2/c1-11-2-5-14(17(8-11)25(27)28)18-7-4-13(29-18)10-19-20(26)24(21(30)31-19)12-3-6-16(23)15(22)9-12/h2-10H,1H3/b19-10+. The van der Waals surface area contributed by atoms with Crippen LogP contribution >= 0.6 is 35.6 Å². The minimum atomic E-state index is -0.597. The van der Waals surface area contributed by atoms with Gasteiger partial charge >= 0.3 is 0 Å². The van der Waals surface area contributed by atoms with E-state index in [-0.39, 0.29) is 15.0 Å². The number of thioether (sulfide) groups is 1. The van der Waals surface area contributed by atoms with Crippen LogP contribution in [0.15, 0.2) is 57.9 Å². The van der Waals surface area contributed by atoms with Gasteiger partial charge in [0.05, 0.1) is 26.1 Å². The van der Waals surface area contributed by atoms with Crippen molar-refractivity contribution in [1.82, 2.24) is 0 Å². The Kier molecular flexibility index (Phi) is 5.65. The van der Waals surface area contributed by atoms with Gasteiger partial charge in [0, 0.05) is 12.1 Å². The maximum atomic E-state index is 13.4. The zero-order valence-electron chi connectivity index (χ0n) is 15.8. The number of nitro groups is 1. The molecule has 6 nitrogen and oxygen atoms in total. The molecule has 0 N–H and O–H groups in total. The van der Waals surface area contributed by atoms with Crippen molar-refractivity contribution < 1.29 is 18.5 Å². The van der Waals surface area contributed by atoms with Gasteiger partial charge in [-0.1, -0.05) is 41.6 Å². The van der Waals surface area contributed by atoms with Crippen LogP contribution in [0.1, 0.15) is 11.3 Å². The van der Waals surface area contributed by atoms with Crippen LogP contribution in [0, 0.1) is 22.9 Å². The lowest BCUT2D eigenvalue weighted by Crippen LogP contribution is -2.27. The Balaban J connectivity index is 1.64. The summed E-state index contributed by atoms with van der Waals surface area (Å²) in [6, 6.07) is 12.0. The van der Waals surface area contributed by atoms with Gasteiger partial charge in [0.15, 0.2) is 4.32 Å². The molecule has 156 valence electrons. The molecule has 0 unspecified atom stereocenters. The molecule has 1 amide bonds. The van der Waals surface area contributed by atoms with Crippen molar-refractivity contribution in [2.24, 2.45) is 0 Å². The van der Waals surface area contributed by atoms with E-state index in [0.29, 0.717) is 27.7 Å². The summed E-state index contributed by atoms with van der Waals surface area (Å²) in [5.41, 5.74) is 1.38. The van der Waals surface area contributed by atoms with Gasteiger partial charge in [-0.2, -0.15) is 0 Å². The first-order chi connectivity index (χ1) is 14.7. The topological polar surface area (TPSA) is 76.6 Å². The number of rotatable bonds is 4. The quantitative estimate of drug-likeness (QED) is 0.189. The number of halogens is 2. The highest BCUT2D eigenvalue weighted by atomic mass is 35.5. The maximum absolute atomic E-state index is 13.4. The Bertz CT molecular complexity index is 1290. The summed E-state index contributed by atoms with van der Waals surface area (Å²) in [5, 5.41) is 11.3. The molecule has 3 aromatic rings. The Morgan fingerprint density at radius 1 is 1.23 bits per heavy atom. The molecule has 1 saturated heterocycles. The Labute approximate surface area is 190 Å². The molecule has 0 spiro atoms. The summed E-state index contributed by atoms with van der Waals surface area (Å²) in [4.78, 5) is 25.3. The summed E-state index contributed by atoms with van der Waals surface area (Å²) in [5.74, 6) is -0.363. The Hall–Kier alpha value is -3.01. The molecule has 1 aliphatic heterocycles. The van der Waals surface area contributed by atoms with Gasteiger partial charge in [-0.15, -0.1) is 0 Å². The summed E-state index contributed by atoms with van der Waals surface area (Å²) >= 11 is 12.2. The van der Waals surface area contributed by atoms with Crippen molar-refractivity contribution in [3.8, 4) is 11.3 Å². The molecule has 1 aliphatic rings. The fourth-order valence-corrected chi connectivity index (χ4v) is 4.47. The molecule has 31 heavy (non-hydrogen) atoms. The predicted octanol–water partition coefficient (Wildman–Crippen LogP) is 6.36. The van der Waals surface area contributed by atoms with Crippen LogP contribution in [-0.2, 0) is 4.79 Å². The second-order valence-electron chi connectivity index (χ2n) is 6.60. The largest absolute Gasteiger partial charge is 0.456 e. The number of hydrogen-bond acceptors (Lipinski definition) is 6. The number of furan rings is 1. The highest BCUT2D eigenvalue weighted by molar-refractivity contribution is 8.27. The third kappa shape index (κ3) is 4.12. The van der Waals surface area contributed by atoms with E-state index in [1.54, 1.807) is 31.2 Å². The van der Waals surface area contributed by atoms with Gasteiger partial charge in [0.1, 0.15) is 17.3 Å². The maximum Gasteiger partial charge on any atom is 0.280 e. The van der Waals surface area contributed by atoms with E-state index < -0.39 is 16.6 Å². The summed E-state index contributed by atoms with van der Waals surface area (Å²) in [6.45, 7) is 1.76. The fourth-order valence-electron chi connectivity index (χ4n) is 3.02. The lowest BCUT2D eigenvalue weighted by Gasteiger charge is -2.14. The first kappa shape index (κ1) is 21.2. The van der Waals surface area contributed by atoms with Crippen LogP contribution in [0.2, 0.25) is 5.02 Å². The minimum Gasteiger partial charge on any atom is -0.456 e. The number of hydrogen-bond donors (Lipinski definition) is 0. The van der Waals surface area contributed by atoms with Crippen molar-refractivity contribution >= 4 is 63.3 Å². The molecule has 0 atom stereocenters. The number of nitrogens with zero attached hydrogens (tertiary/aromatic N) is 2. The van der Waals surface area contributed by atoms with Crippen LogP contribution in [0.4, 0.5) is 15.8 Å². The molecule has 2 aromatic carbocycles. The first-order valence-electron chi connectivity index (χ1n) is 8.83. The zero-order chi connectivity index (χ0) is 22.3. The Morgan fingerprint density at radius 3 is 2.71 bits per heavy atom. The van der Waals surface area contributed by atoms with E-state index in [1.807, 2.05) is 0 Å². The van der Waals surface area contributed by atoms with E-state index in [2.05, 4.69) is 0 Å². The molecule has 0 aliphatic carbocycles. The number of carbonyl (C=O) groups excluding carboxylic acids is 1. The molecular weight excluding hydrogens is 463 g/mol. The van der Waals surface area contributed by atoms with E-state index in [0.717, 1.165) is 23.4 Å². The lowest BCUT2D eigenvalue weighted by atomic mass is 10.1. The number of amides is 1. The Morgan fingerprint density at radius 2 is 2.00 bits per heavy atom. The molecule has 10 heteroatoms. The van der Waals surface area contributed by atoms with E-state index in [1.165, 1.54) is 29.2 Å². The summed E-state index contributed by atoms with van der Waals surface area (Å²) in [6.07, 6.45) is 1.51. The van der Waals surface area contributed by atoms with Crippen LogP contribution in [-0.4, -0.2) is 15.2 Å². The van der Waals surface area contributed by atoms with Crippen molar-refractivity contribution in [1.29, 1.82) is 0 Å². The summed E-state index contributed by atoms with van der Waals surface area (Å²) < 4.78 is 19.5. The van der Waals surface area contributed by atoms with Crippen molar-refractivity contribution in [3.05, 3.63) is 85.7 Å². The predicted molar refractivity (Wildman–Crippen MR) is 123 cm³/mol. The molecule has 1 fully saturated rings. The average molecular weight is 475 g/mol. The number of anilines is 1. The zero-order valence-corrected chi connectivity index (χ0v) is 18.2. The monoisotopic (exact) mass is 474 g/mol. The third-order valence-corrected chi connectivity index (χ3v) is 6.06. The lowest BCUT2D eigenvalue weighted by molar-refractivity contribution is -0.384. The van der Waals surface area contributed by atoms with E-state index in [4.69, 9.17) is 28.2 Å². The van der Waals surface area contributed by atoms with Crippen molar-refractivity contribution in [2.75, 3.05) is 4.90 Å². The molecule has 0 bridgehead atoms. The van der Waals surface area contributed by atoms with E-state index >= 15 is 0 Å². The van der Waals surface area contributed by atoms with Crippen LogP contribution < -0.4 is 4.90 Å². The van der Waals surface area contributed by atoms with Crippen LogP contribution in [0.3, 0.4) is 0 Å². The molecule has 2 heterocycles. The SMILES string of the molecule is Cc1ccc(-c2ccc(/C=C3/SC(=S)N(c4ccc(F)c(Cl)c4)C3=O)o2)c([N+](=O)[O-])c1. The number of thiocarbonyl (C=S) groups is 1. The van der Waals surface area contributed by atoms with Gasteiger partial charge in [-0.05, 0) is 48.9 Å². The summed E-state index contributed by atoms with van der Waals surface area (Å²) in [7, 11) is 0. The highest BCUT2D eigenvalue weighted by Gasteiger charge is 2.34. The molecule has 1 aromatic heterocycles. The average Bonchev–Trinajstić information content (AvgIpc) is 3.28. The molecule has 0 radical (unpaired) electrons. The molecule has 4 rings (SSSR count). The van der Waals surface area contributed by atoms with Gasteiger partial charge in [0.25, 0.3) is 11.6 Å². The second kappa shape index (κ2) is 8.26. The van der Waals surface area contributed by atoms with E-state index in [9.17, 15) is 19.3 Å². The normalized spacial score (nSPS) is 15.2. The molecular formula is C21H12ClFN2O4S2. The van der Waals surface area contributed by atoms with Crippen molar-refractivity contribution in [2.45, 2.75) is 6.92 Å². The number of aryl methyl sites for hydroxylation is 1. The van der Waals surface area contributed by atoms with Gasteiger partial charge in [-0.3, -0.25) is 19.8 Å². The van der Waals surface area contributed by atoms with Crippen molar-refractivity contribution in [3.63, 3.8) is 0 Å². The van der Waals surface area contributed by atoms with Gasteiger partial charge in [-0.25, -0.2) is 4.39 Å². The number of benzene rings is 2. The fraction of sp³-hybridized carbons (Fsp3) is 0.0476. The molecule has 0 saturated carbocycles. The van der Waals surface area contributed by atoms with Crippen LogP contribution in [0.5, 0.6) is 0 Å². The highest BCUT2D eigenvalue weighted by Crippen LogP contribution is 2.38. The number of carbonyl (C=O) groups is 1. The minimum absolute atomic E-state index is 0.0691. The van der Waals surface area contributed by atoms with Gasteiger partial charge < -0.3 is 4.42 Å². The third-order valence-electron chi connectivity index (χ3n) is 4.47. The number of nitro benzene ring substituents is 1. The smallest absolute Gasteiger partial charge is 0.280 e. The second-order valence-corrected chi connectivity index (χ2v) is 8.68. The first-order valence-corrected chi connectivity index (χ1v) is 10.4.